The predicted octanol–water partition coefficient (Wildman–Crippen LogP) is 7.53. The number of alkyl halides is 3. The van der Waals surface area contributed by atoms with Crippen LogP contribution in [0.2, 0.25) is 0 Å². The summed E-state index contributed by atoms with van der Waals surface area (Å²) in [6, 6.07) is -4.31. The summed E-state index contributed by atoms with van der Waals surface area (Å²) in [5.41, 5.74) is -6.42. The number of amides is 1. The Morgan fingerprint density at radius 3 is 2.35 bits per heavy atom. The molecule has 1 amide bonds. The molecule has 0 aliphatic heterocycles. The molecule has 0 atom stereocenters. The van der Waals surface area contributed by atoms with Crippen LogP contribution in [-0.2, 0) is 42.6 Å². The van der Waals surface area contributed by atoms with E-state index in [0.29, 0.717) is 10.1 Å². The van der Waals surface area contributed by atoms with Gasteiger partial charge in [-0.05, 0) is 85.3 Å². The molecule has 0 fully saturated rings. The number of carbonyl (C=O) groups excluding carboxylic acids is 1. The second kappa shape index (κ2) is 15.5. The smallest absolute Gasteiger partial charge is 0.336 e. The highest BCUT2D eigenvalue weighted by atomic mass is 32.2. The summed E-state index contributed by atoms with van der Waals surface area (Å²) < 4.78 is 190. The molecule has 254 valence electrons. The highest BCUT2D eigenvalue weighted by Gasteiger charge is 2.32. The van der Waals surface area contributed by atoms with E-state index in [-0.39, 0.29) is 49.4 Å². The first-order chi connectivity index (χ1) is 28.9. The topological polar surface area (TPSA) is 58.4 Å². The van der Waals surface area contributed by atoms with E-state index in [1.165, 1.54) is 26.0 Å². The fraction of sp³-hybridized carbons (Fsp3) is 0.378. The molecule has 11 heteroatoms. The summed E-state index contributed by atoms with van der Waals surface area (Å²) in [7, 11) is 0. The van der Waals surface area contributed by atoms with Gasteiger partial charge in [-0.15, -0.1) is 0 Å². The number of likely N-dealkylation sites (N-methyl/N-ethyl adjacent to an activating group) is 1. The summed E-state index contributed by atoms with van der Waals surface area (Å²) in [5, 5.41) is -0.456. The van der Waals surface area contributed by atoms with Crippen LogP contribution in [0.5, 0.6) is 0 Å². The maximum absolute atomic E-state index is 15.1. The molecule has 0 unspecified atom stereocenters. The molecule has 0 radical (unpaired) electrons. The Morgan fingerprint density at radius 1 is 1.00 bits per heavy atom. The molecule has 0 saturated heterocycles. The highest BCUT2D eigenvalue weighted by Crippen LogP contribution is 2.34. The van der Waals surface area contributed by atoms with Crippen LogP contribution in [0.25, 0.3) is 11.1 Å². The number of rotatable bonds is 13. The van der Waals surface area contributed by atoms with Gasteiger partial charge in [0.15, 0.2) is 5.16 Å². The Morgan fingerprint density at radius 2 is 1.69 bits per heavy atom. The summed E-state index contributed by atoms with van der Waals surface area (Å²) in [6.45, 7) is -12.1. The van der Waals surface area contributed by atoms with Crippen LogP contribution in [0, 0.1) is 12.7 Å². The zero-order valence-electron chi connectivity index (χ0n) is 41.1. The second-order valence-corrected chi connectivity index (χ2v) is 11.4. The molecule has 0 N–H and O–H groups in total. The van der Waals surface area contributed by atoms with E-state index in [0.717, 1.165) is 35.7 Å². The maximum atomic E-state index is 15.1. The number of carbonyl (C=O) groups is 1. The third-order valence-electron chi connectivity index (χ3n) is 7.26. The average molecular weight is 696 g/mol. The third kappa shape index (κ3) is 8.54. The van der Waals surface area contributed by atoms with Crippen molar-refractivity contribution in [2.75, 3.05) is 26.1 Å². The molecule has 1 aliphatic carbocycles. The van der Waals surface area contributed by atoms with Crippen molar-refractivity contribution in [3.05, 3.63) is 116 Å². The van der Waals surface area contributed by atoms with Gasteiger partial charge in [0, 0.05) is 39.2 Å². The van der Waals surface area contributed by atoms with Crippen molar-refractivity contribution in [2.24, 2.45) is 0 Å². The summed E-state index contributed by atoms with van der Waals surface area (Å²) in [4.78, 5) is 32.7. The van der Waals surface area contributed by atoms with Gasteiger partial charge in [0.25, 0.3) is 5.56 Å². The van der Waals surface area contributed by atoms with Gasteiger partial charge < -0.3 is 14.4 Å². The van der Waals surface area contributed by atoms with Crippen LogP contribution in [-0.4, -0.2) is 51.3 Å². The molecule has 1 heterocycles. The minimum atomic E-state index is -5.22. The molecular weight excluding hydrogens is 640 g/mol. The number of hydrogen-bond acceptors (Lipinski definition) is 5. The van der Waals surface area contributed by atoms with Crippen molar-refractivity contribution in [3.63, 3.8) is 0 Å². The molecule has 1 aromatic heterocycles. The number of thioether (sulfide) groups is 1. The van der Waals surface area contributed by atoms with E-state index in [2.05, 4.69) is 4.98 Å². The summed E-state index contributed by atoms with van der Waals surface area (Å²) >= 11 is 0.719. The third-order valence-corrected chi connectivity index (χ3v) is 8.27. The number of hydrogen-bond donors (Lipinski definition) is 0. The van der Waals surface area contributed by atoms with Crippen LogP contribution in [0.3, 0.4) is 0 Å². The van der Waals surface area contributed by atoms with Crippen molar-refractivity contribution >= 4 is 17.7 Å². The van der Waals surface area contributed by atoms with E-state index < -0.39 is 130 Å². The number of aromatic nitrogens is 2. The molecule has 1 aliphatic rings. The fourth-order valence-corrected chi connectivity index (χ4v) is 5.68. The lowest BCUT2D eigenvalue weighted by molar-refractivity contribution is -0.138. The number of fused-ring (bicyclic) bond motifs is 1. The zero-order chi connectivity index (χ0) is 47.7. The van der Waals surface area contributed by atoms with E-state index in [4.69, 9.17) is 12.3 Å². The first-order valence-electron chi connectivity index (χ1n) is 22.3. The normalized spacial score (nSPS) is 18.5. The van der Waals surface area contributed by atoms with Crippen LogP contribution in [0.15, 0.2) is 76.5 Å². The van der Waals surface area contributed by atoms with Gasteiger partial charge in [-0.25, -0.2) is 4.39 Å². The van der Waals surface area contributed by atoms with Crippen molar-refractivity contribution in [1.29, 1.82) is 0 Å². The first kappa shape index (κ1) is 20.5. The Labute approximate surface area is 303 Å². The minimum Gasteiger partial charge on any atom is -0.336 e. The Kier molecular flexibility index (Phi) is 6.63. The molecule has 0 bridgehead atoms. The second-order valence-electron chi connectivity index (χ2n) is 10.5. The van der Waals surface area contributed by atoms with Gasteiger partial charge >= 0.3 is 6.18 Å². The number of benzene rings is 3. The van der Waals surface area contributed by atoms with Gasteiger partial charge in [-0.2, -0.15) is 18.2 Å². The molecule has 48 heavy (non-hydrogen) atoms. The SMILES string of the molecule is [2H]c1c([2H])c(C([2H])([2H])N(C(=O)C([2H])([2H])n2c(SCc3ccc(F)cc3)nc(=O)c3c2CCC3)C([2H])([2H])C([2H])([2H])N(CC)CC)c([2H])c([2H])c1-c1c([2H])c([2H])c(C(F)(F)F)c(C)c1[2H]. The van der Waals surface area contributed by atoms with E-state index in [1.807, 2.05) is 0 Å². The van der Waals surface area contributed by atoms with E-state index in [1.54, 1.807) is 0 Å². The lowest BCUT2D eigenvalue weighted by Crippen LogP contribution is -2.40. The Hall–Kier alpha value is -3.96. The largest absolute Gasteiger partial charge is 0.416 e. The Balaban J connectivity index is 1.81. The van der Waals surface area contributed by atoms with Crippen LogP contribution in [0.4, 0.5) is 17.6 Å². The van der Waals surface area contributed by atoms with Gasteiger partial charge in [0.1, 0.15) is 12.3 Å². The van der Waals surface area contributed by atoms with Crippen molar-refractivity contribution in [2.45, 2.75) is 70.1 Å². The number of nitrogens with zero attached hydrogens (tertiary/aromatic N) is 4. The standard InChI is InChI=1S/C37H40F4N4O2S/c1-4-43(5-2)19-20-44(22-26-9-13-28(14-10-26)29-15-18-32(25(3)21-29)37(39,40)41)34(46)23-45-33-8-6-7-31(33)35(47)42-36(45)48-24-27-11-16-30(38)17-12-27/h9-18,21H,4-8,19-20,22-24H2,1-3H3/i9D,10D,13D,14D,15D,18D,19D2,20D2,21D,22D2,23D2. The molecule has 6 nitrogen and oxygen atoms in total. The minimum absolute atomic E-state index is 0.0131. The van der Waals surface area contributed by atoms with Gasteiger partial charge in [-0.1, -0.05) is 74.0 Å². The molecular formula is C37H40F4N4O2S. The van der Waals surface area contributed by atoms with Crippen molar-refractivity contribution in [1.82, 2.24) is 19.4 Å². The quantitative estimate of drug-likeness (QED) is 0.0823. The first-order valence-corrected chi connectivity index (χ1v) is 15.8. The van der Waals surface area contributed by atoms with Crippen LogP contribution >= 0.6 is 11.8 Å². The van der Waals surface area contributed by atoms with E-state index in [9.17, 15) is 30.6 Å². The van der Waals surface area contributed by atoms with Crippen molar-refractivity contribution in [3.8, 4) is 11.1 Å². The van der Waals surface area contributed by atoms with Crippen LogP contribution in [0.1, 0.15) is 74.3 Å². The summed E-state index contributed by atoms with van der Waals surface area (Å²) in [5.74, 6) is -2.82. The molecule has 0 saturated carbocycles. The fourth-order valence-electron chi connectivity index (χ4n) is 4.76. The number of halogens is 4. The molecule has 4 aromatic rings. The van der Waals surface area contributed by atoms with Gasteiger partial charge in [0.05, 0.1) is 23.4 Å². The zero-order valence-corrected chi connectivity index (χ0v) is 26.9. The lowest BCUT2D eigenvalue weighted by Gasteiger charge is -2.28. The van der Waals surface area contributed by atoms with Crippen LogP contribution < -0.4 is 5.56 Å². The summed E-state index contributed by atoms with van der Waals surface area (Å²) in [6.07, 6.45) is -4.89. The van der Waals surface area contributed by atoms with Gasteiger partial charge in [0.2, 0.25) is 5.91 Å². The molecule has 0 spiro atoms. The maximum Gasteiger partial charge on any atom is 0.416 e. The predicted molar refractivity (Wildman–Crippen MR) is 181 cm³/mol. The lowest BCUT2D eigenvalue weighted by atomic mass is 9.98. The van der Waals surface area contributed by atoms with Gasteiger partial charge in [-0.3, -0.25) is 9.59 Å². The highest BCUT2D eigenvalue weighted by molar-refractivity contribution is 7.98. The monoisotopic (exact) mass is 695 g/mol. The molecule has 5 rings (SSSR count). The van der Waals surface area contributed by atoms with E-state index >= 15 is 4.79 Å². The Bertz CT molecular complexity index is 2480. The average Bonchev–Trinajstić information content (AvgIpc) is 3.67. The molecule has 3 aromatic carbocycles. The van der Waals surface area contributed by atoms with Crippen molar-refractivity contribution < 1.29 is 42.9 Å².